The number of amides is 1. The van der Waals surface area contributed by atoms with Gasteiger partial charge in [0.1, 0.15) is 0 Å². The van der Waals surface area contributed by atoms with Gasteiger partial charge in [-0.3, -0.25) is 13.8 Å². The lowest BCUT2D eigenvalue weighted by atomic mass is 10.0. The van der Waals surface area contributed by atoms with Crippen molar-refractivity contribution in [2.45, 2.75) is 173 Å². The smallest absolute Gasteiger partial charge is 0.393 e. The van der Waals surface area contributed by atoms with Crippen LogP contribution in [0.2, 0.25) is 0 Å². The van der Waals surface area contributed by atoms with Gasteiger partial charge in [0.15, 0.2) is 0 Å². The number of phosphoric ester groups is 1. The van der Waals surface area contributed by atoms with Gasteiger partial charge in [0, 0.05) is 6.54 Å². The van der Waals surface area contributed by atoms with Crippen molar-refractivity contribution < 1.29 is 33.5 Å². The SMILES string of the molecule is CCCCC/C=C\C=C/CCCCCCC(O)CC(=O)NC(COP(=O)(O)OCCN)C(O)CCCCCCCCCCCC. The summed E-state index contributed by atoms with van der Waals surface area (Å²) in [5.41, 5.74) is 5.34. The summed E-state index contributed by atoms with van der Waals surface area (Å²) in [6.45, 7) is 3.95. The van der Waals surface area contributed by atoms with Gasteiger partial charge >= 0.3 is 7.82 Å². The number of allylic oxidation sites excluding steroid dienone is 4. The van der Waals surface area contributed by atoms with Crippen molar-refractivity contribution >= 4 is 13.7 Å². The maximum absolute atomic E-state index is 12.7. The molecule has 9 nitrogen and oxygen atoms in total. The molecule has 0 rings (SSSR count). The number of carbonyl (C=O) groups is 1. The maximum atomic E-state index is 12.7. The molecule has 0 aliphatic carbocycles. The Morgan fingerprint density at radius 1 is 0.756 bits per heavy atom. The zero-order valence-electron chi connectivity index (χ0n) is 28.7. The van der Waals surface area contributed by atoms with Crippen LogP contribution in [0.5, 0.6) is 0 Å². The molecule has 0 fully saturated rings. The summed E-state index contributed by atoms with van der Waals surface area (Å²) < 4.78 is 22.0. The second-order valence-corrected chi connectivity index (χ2v) is 13.8. The van der Waals surface area contributed by atoms with Gasteiger partial charge in [0.2, 0.25) is 5.91 Å². The molecule has 45 heavy (non-hydrogen) atoms. The fourth-order valence-corrected chi connectivity index (χ4v) is 5.87. The van der Waals surface area contributed by atoms with Crippen LogP contribution in [-0.4, -0.2) is 59.0 Å². The van der Waals surface area contributed by atoms with E-state index in [-0.39, 0.29) is 26.2 Å². The van der Waals surface area contributed by atoms with Crippen LogP contribution in [0.25, 0.3) is 0 Å². The molecule has 0 aliphatic heterocycles. The highest BCUT2D eigenvalue weighted by molar-refractivity contribution is 7.47. The summed E-state index contributed by atoms with van der Waals surface area (Å²) in [5.74, 6) is -0.429. The molecule has 0 aliphatic rings. The first-order chi connectivity index (χ1) is 21.8. The van der Waals surface area contributed by atoms with E-state index in [1.807, 2.05) is 0 Å². The van der Waals surface area contributed by atoms with E-state index in [0.29, 0.717) is 12.8 Å². The van der Waals surface area contributed by atoms with Crippen LogP contribution in [0.1, 0.15) is 155 Å². The van der Waals surface area contributed by atoms with Crippen LogP contribution in [0, 0.1) is 0 Å². The Bertz CT molecular complexity index is 781. The highest BCUT2D eigenvalue weighted by Gasteiger charge is 2.28. The van der Waals surface area contributed by atoms with E-state index in [0.717, 1.165) is 57.8 Å². The van der Waals surface area contributed by atoms with Crippen molar-refractivity contribution in [3.05, 3.63) is 24.3 Å². The summed E-state index contributed by atoms with van der Waals surface area (Å²) in [7, 11) is -4.37. The molecule has 6 N–H and O–H groups in total. The summed E-state index contributed by atoms with van der Waals surface area (Å²) >= 11 is 0. The number of rotatable bonds is 33. The first-order valence-electron chi connectivity index (χ1n) is 18.0. The Labute approximate surface area is 275 Å². The molecule has 0 aromatic rings. The number of nitrogens with one attached hydrogen (secondary N) is 1. The second-order valence-electron chi connectivity index (χ2n) is 12.3. The van der Waals surface area contributed by atoms with Crippen LogP contribution < -0.4 is 11.1 Å². The van der Waals surface area contributed by atoms with E-state index in [9.17, 15) is 24.5 Å². The largest absolute Gasteiger partial charge is 0.472 e. The number of carbonyl (C=O) groups excluding carboxylic acids is 1. The molecule has 1 amide bonds. The van der Waals surface area contributed by atoms with Gasteiger partial charge in [-0.15, -0.1) is 0 Å². The third kappa shape index (κ3) is 30.0. The normalized spacial score (nSPS) is 15.4. The molecular weight excluding hydrogens is 591 g/mol. The number of hydrogen-bond acceptors (Lipinski definition) is 7. The van der Waals surface area contributed by atoms with Gasteiger partial charge < -0.3 is 26.2 Å². The van der Waals surface area contributed by atoms with Gasteiger partial charge in [-0.1, -0.05) is 134 Å². The first kappa shape index (κ1) is 43.9. The fourth-order valence-electron chi connectivity index (χ4n) is 5.11. The van der Waals surface area contributed by atoms with Gasteiger partial charge in [-0.05, 0) is 38.5 Å². The summed E-state index contributed by atoms with van der Waals surface area (Å²) in [4.78, 5) is 22.6. The zero-order valence-corrected chi connectivity index (χ0v) is 29.6. The Morgan fingerprint density at radius 3 is 1.82 bits per heavy atom. The Hall–Kier alpha value is -1.06. The van der Waals surface area contributed by atoms with Crippen molar-refractivity contribution in [1.29, 1.82) is 0 Å². The quantitative estimate of drug-likeness (QED) is 0.0270. The minimum atomic E-state index is -4.37. The van der Waals surface area contributed by atoms with Gasteiger partial charge in [-0.2, -0.15) is 0 Å². The van der Waals surface area contributed by atoms with Crippen LogP contribution in [-0.2, 0) is 18.4 Å². The molecule has 0 saturated heterocycles. The Morgan fingerprint density at radius 2 is 1.24 bits per heavy atom. The zero-order chi connectivity index (χ0) is 33.4. The number of phosphoric acid groups is 1. The maximum Gasteiger partial charge on any atom is 0.472 e. The minimum Gasteiger partial charge on any atom is -0.393 e. The predicted molar refractivity (Wildman–Crippen MR) is 186 cm³/mol. The molecule has 0 aromatic heterocycles. The molecule has 0 spiro atoms. The molecule has 10 heteroatoms. The Balaban J connectivity index is 4.43. The van der Waals surface area contributed by atoms with Crippen LogP contribution >= 0.6 is 7.82 Å². The average Bonchev–Trinajstić information content (AvgIpc) is 3.01. The third-order valence-electron chi connectivity index (χ3n) is 7.89. The number of nitrogens with two attached hydrogens (primary N) is 1. The average molecular weight is 661 g/mol. The molecule has 0 heterocycles. The number of aliphatic hydroxyl groups excluding tert-OH is 2. The lowest BCUT2D eigenvalue weighted by Crippen LogP contribution is -2.47. The van der Waals surface area contributed by atoms with Crippen LogP contribution in [0.4, 0.5) is 0 Å². The summed E-state index contributed by atoms with van der Waals surface area (Å²) in [6.07, 6.45) is 29.4. The van der Waals surface area contributed by atoms with E-state index in [1.165, 1.54) is 64.2 Å². The summed E-state index contributed by atoms with van der Waals surface area (Å²) in [6, 6.07) is -0.899. The number of hydrogen-bond donors (Lipinski definition) is 5. The van der Waals surface area contributed by atoms with E-state index in [4.69, 9.17) is 14.8 Å². The standard InChI is InChI=1S/C35H69N2O7P/c1-3-5-7-9-11-13-15-16-17-18-20-22-24-26-32(38)30-35(40)37-33(31-44-45(41,42)43-29-28-36)34(39)27-25-23-21-19-14-12-10-8-6-4-2/h11,13,15-16,32-34,38-39H,3-10,12,14,17-31,36H2,1-2H3,(H,37,40)(H,41,42)/b13-11-,16-15-. The first-order valence-corrected chi connectivity index (χ1v) is 19.5. The van der Waals surface area contributed by atoms with E-state index < -0.39 is 32.0 Å². The molecule has 266 valence electrons. The molecule has 4 atom stereocenters. The van der Waals surface area contributed by atoms with Crippen molar-refractivity contribution in [1.82, 2.24) is 5.32 Å². The second kappa shape index (κ2) is 31.5. The van der Waals surface area contributed by atoms with Crippen LogP contribution in [0.15, 0.2) is 24.3 Å². The van der Waals surface area contributed by atoms with Gasteiger partial charge in [-0.25, -0.2) is 4.57 Å². The van der Waals surface area contributed by atoms with Crippen molar-refractivity contribution in [2.24, 2.45) is 5.73 Å². The monoisotopic (exact) mass is 660 g/mol. The molecular formula is C35H69N2O7P. The highest BCUT2D eigenvalue weighted by Crippen LogP contribution is 2.43. The molecule has 0 saturated carbocycles. The summed E-state index contributed by atoms with van der Waals surface area (Å²) in [5, 5.41) is 24.0. The highest BCUT2D eigenvalue weighted by atomic mass is 31.2. The molecule has 0 radical (unpaired) electrons. The predicted octanol–water partition coefficient (Wildman–Crippen LogP) is 8.02. The Kier molecular flexibility index (Phi) is 30.8. The van der Waals surface area contributed by atoms with Crippen molar-refractivity contribution in [3.8, 4) is 0 Å². The lowest BCUT2D eigenvalue weighted by Gasteiger charge is -2.25. The minimum absolute atomic E-state index is 0.0568. The lowest BCUT2D eigenvalue weighted by molar-refractivity contribution is -0.125. The number of aliphatic hydroxyl groups is 2. The number of unbranched alkanes of at least 4 members (excludes halogenated alkanes) is 16. The third-order valence-corrected chi connectivity index (χ3v) is 8.87. The molecule has 4 unspecified atom stereocenters. The van der Waals surface area contributed by atoms with E-state index >= 15 is 0 Å². The van der Waals surface area contributed by atoms with Gasteiger partial charge in [0.25, 0.3) is 0 Å². The van der Waals surface area contributed by atoms with Crippen LogP contribution in [0.3, 0.4) is 0 Å². The van der Waals surface area contributed by atoms with E-state index in [2.05, 4.69) is 43.5 Å². The van der Waals surface area contributed by atoms with Gasteiger partial charge in [0.05, 0.1) is 37.9 Å². The van der Waals surface area contributed by atoms with Crippen molar-refractivity contribution in [2.75, 3.05) is 19.8 Å². The molecule has 0 bridgehead atoms. The topological polar surface area (TPSA) is 151 Å². The fraction of sp³-hybridized carbons (Fsp3) is 0.857. The van der Waals surface area contributed by atoms with Crippen molar-refractivity contribution in [3.63, 3.8) is 0 Å². The van der Waals surface area contributed by atoms with E-state index in [1.54, 1.807) is 0 Å². The molecule has 0 aromatic carbocycles.